The van der Waals surface area contributed by atoms with Crippen molar-refractivity contribution in [1.82, 2.24) is 19.6 Å². The molecule has 2 saturated heterocycles. The lowest BCUT2D eigenvalue weighted by Crippen LogP contribution is -2.43. The van der Waals surface area contributed by atoms with Gasteiger partial charge in [-0.2, -0.15) is 0 Å². The highest BCUT2D eigenvalue weighted by Crippen LogP contribution is 2.21. The second kappa shape index (κ2) is 9.38. The zero-order valence-corrected chi connectivity index (χ0v) is 18.5. The van der Waals surface area contributed by atoms with Crippen LogP contribution in [0.4, 0.5) is 5.69 Å². The topological polar surface area (TPSA) is 62.1 Å². The van der Waals surface area contributed by atoms with E-state index in [2.05, 4.69) is 49.5 Å². The van der Waals surface area contributed by atoms with Gasteiger partial charge in [0.05, 0.1) is 18.9 Å². The van der Waals surface area contributed by atoms with Gasteiger partial charge in [-0.1, -0.05) is 0 Å². The van der Waals surface area contributed by atoms with Crippen molar-refractivity contribution in [3.8, 4) is 0 Å². The number of aromatic nitrogens is 2. The Hall–Kier alpha value is -2.42. The summed E-state index contributed by atoms with van der Waals surface area (Å²) >= 11 is 1.68. The lowest BCUT2D eigenvalue weighted by molar-refractivity contribution is 0.0303. The summed E-state index contributed by atoms with van der Waals surface area (Å²) in [6.45, 7) is 5.67. The van der Waals surface area contributed by atoms with Crippen molar-refractivity contribution in [3.63, 3.8) is 0 Å². The van der Waals surface area contributed by atoms with Crippen molar-refractivity contribution in [2.45, 2.75) is 25.3 Å². The number of hydrogen-bond donors (Lipinski definition) is 1. The molecule has 2 aliphatic heterocycles. The number of carbonyl (C=O) groups is 1. The third-order valence-corrected chi connectivity index (χ3v) is 7.00. The van der Waals surface area contributed by atoms with Crippen LogP contribution in [0.2, 0.25) is 0 Å². The van der Waals surface area contributed by atoms with Crippen LogP contribution in [0.15, 0.2) is 42.0 Å². The average molecular weight is 440 g/mol. The fraction of sp³-hybridized carbons (Fsp3) is 0.478. The highest BCUT2D eigenvalue weighted by molar-refractivity contribution is 7.15. The second-order valence-corrected chi connectivity index (χ2v) is 9.11. The van der Waals surface area contributed by atoms with Crippen LogP contribution in [-0.4, -0.2) is 72.2 Å². The van der Waals surface area contributed by atoms with E-state index in [-0.39, 0.29) is 5.91 Å². The Morgan fingerprint density at radius 2 is 1.90 bits per heavy atom. The fourth-order valence-electron chi connectivity index (χ4n) is 4.41. The normalized spacial score (nSPS) is 18.1. The number of thiazole rings is 1. The molecular weight excluding hydrogens is 410 g/mol. The van der Waals surface area contributed by atoms with Crippen LogP contribution in [0.5, 0.6) is 0 Å². The molecule has 4 heterocycles. The van der Waals surface area contributed by atoms with Crippen LogP contribution in [0.25, 0.3) is 4.96 Å². The van der Waals surface area contributed by atoms with E-state index in [0.717, 1.165) is 55.1 Å². The van der Waals surface area contributed by atoms with E-state index < -0.39 is 0 Å². The van der Waals surface area contributed by atoms with Gasteiger partial charge in [0.1, 0.15) is 0 Å². The maximum absolute atomic E-state index is 12.6. The molecule has 0 radical (unpaired) electrons. The number of hydrogen-bond acceptors (Lipinski definition) is 6. The van der Waals surface area contributed by atoms with Gasteiger partial charge in [-0.15, -0.1) is 11.3 Å². The molecule has 0 bridgehead atoms. The Morgan fingerprint density at radius 1 is 1.13 bits per heavy atom. The number of morpholine rings is 1. The van der Waals surface area contributed by atoms with Gasteiger partial charge < -0.3 is 19.9 Å². The van der Waals surface area contributed by atoms with Crippen molar-refractivity contribution < 1.29 is 9.53 Å². The van der Waals surface area contributed by atoms with Crippen molar-refractivity contribution in [3.05, 3.63) is 53.3 Å². The predicted molar refractivity (Wildman–Crippen MR) is 123 cm³/mol. The van der Waals surface area contributed by atoms with Crippen LogP contribution in [0.1, 0.15) is 28.9 Å². The number of carbonyl (C=O) groups excluding carboxylic acids is 1. The van der Waals surface area contributed by atoms with E-state index in [4.69, 9.17) is 4.74 Å². The maximum atomic E-state index is 12.6. The number of imidazole rings is 1. The second-order valence-electron chi connectivity index (χ2n) is 8.24. The zero-order valence-electron chi connectivity index (χ0n) is 17.7. The molecule has 0 unspecified atom stereocenters. The van der Waals surface area contributed by atoms with Crippen LogP contribution in [0, 0.1) is 0 Å². The first kappa shape index (κ1) is 20.5. The van der Waals surface area contributed by atoms with Gasteiger partial charge in [0.2, 0.25) is 0 Å². The smallest absolute Gasteiger partial charge is 0.254 e. The molecule has 0 atom stereocenters. The summed E-state index contributed by atoms with van der Waals surface area (Å²) in [5.74, 6) is 0.107. The van der Waals surface area contributed by atoms with Gasteiger partial charge in [-0.25, -0.2) is 4.98 Å². The molecule has 0 saturated carbocycles. The van der Waals surface area contributed by atoms with Gasteiger partial charge in [0, 0.05) is 74.2 Å². The monoisotopic (exact) mass is 439 g/mol. The number of rotatable bonds is 6. The summed E-state index contributed by atoms with van der Waals surface area (Å²) in [5.41, 5.74) is 3.12. The number of anilines is 1. The molecule has 1 aromatic carbocycles. The zero-order chi connectivity index (χ0) is 21.0. The van der Waals surface area contributed by atoms with E-state index in [9.17, 15) is 4.79 Å². The Morgan fingerprint density at radius 3 is 2.65 bits per heavy atom. The molecule has 2 aliphatic rings. The van der Waals surface area contributed by atoms with E-state index in [1.54, 1.807) is 11.3 Å². The highest BCUT2D eigenvalue weighted by atomic mass is 32.1. The molecule has 0 spiro atoms. The van der Waals surface area contributed by atoms with Crippen molar-refractivity contribution in [1.29, 1.82) is 0 Å². The van der Waals surface area contributed by atoms with Gasteiger partial charge >= 0.3 is 0 Å². The predicted octanol–water partition coefficient (Wildman–Crippen LogP) is 2.67. The summed E-state index contributed by atoms with van der Waals surface area (Å²) in [5, 5.41) is 5.77. The quantitative estimate of drug-likeness (QED) is 0.640. The van der Waals surface area contributed by atoms with E-state index in [0.29, 0.717) is 32.3 Å². The van der Waals surface area contributed by atoms with Gasteiger partial charge in [0.15, 0.2) is 4.96 Å². The Kier molecular flexibility index (Phi) is 6.20. The standard InChI is InChI=1S/C23H29N5O2S/c29-22(27-11-14-30-15-12-27)18-1-3-21(4-2-18)26-9-6-19(7-10-26)24-8-5-20-17-28-13-16-31-23(28)25-20/h1-4,13,16-17,19,24H,5-12,14-15H2. The molecular formula is C23H29N5O2S. The minimum absolute atomic E-state index is 0.107. The largest absolute Gasteiger partial charge is 0.378 e. The molecule has 2 aromatic heterocycles. The van der Waals surface area contributed by atoms with Gasteiger partial charge in [-0.05, 0) is 37.1 Å². The van der Waals surface area contributed by atoms with Gasteiger partial charge in [-0.3, -0.25) is 9.20 Å². The van der Waals surface area contributed by atoms with Crippen LogP contribution in [-0.2, 0) is 11.2 Å². The van der Waals surface area contributed by atoms with Crippen LogP contribution >= 0.6 is 11.3 Å². The van der Waals surface area contributed by atoms with Crippen LogP contribution in [0.3, 0.4) is 0 Å². The number of amides is 1. The first-order valence-corrected chi connectivity index (χ1v) is 12.0. The molecule has 1 amide bonds. The molecule has 31 heavy (non-hydrogen) atoms. The molecule has 164 valence electrons. The molecule has 8 heteroatoms. The number of nitrogens with one attached hydrogen (secondary N) is 1. The Bertz CT molecular complexity index is 972. The molecule has 1 N–H and O–H groups in total. The first-order valence-electron chi connectivity index (χ1n) is 11.1. The third-order valence-electron chi connectivity index (χ3n) is 6.23. The summed E-state index contributed by atoms with van der Waals surface area (Å²) < 4.78 is 7.44. The molecule has 5 rings (SSSR count). The molecule has 3 aromatic rings. The van der Waals surface area contributed by atoms with E-state index >= 15 is 0 Å². The minimum Gasteiger partial charge on any atom is -0.378 e. The highest BCUT2D eigenvalue weighted by Gasteiger charge is 2.21. The minimum atomic E-state index is 0.107. The number of fused-ring (bicyclic) bond motifs is 1. The van der Waals surface area contributed by atoms with E-state index in [1.807, 2.05) is 17.0 Å². The summed E-state index contributed by atoms with van der Waals surface area (Å²) in [6, 6.07) is 8.67. The summed E-state index contributed by atoms with van der Waals surface area (Å²) in [7, 11) is 0. The van der Waals surface area contributed by atoms with Crippen LogP contribution < -0.4 is 10.2 Å². The fourth-order valence-corrected chi connectivity index (χ4v) is 5.13. The summed E-state index contributed by atoms with van der Waals surface area (Å²) in [4.78, 5) is 22.6. The summed E-state index contributed by atoms with van der Waals surface area (Å²) in [6.07, 6.45) is 7.42. The number of benzene rings is 1. The Balaban J connectivity index is 1.07. The first-order chi connectivity index (χ1) is 15.3. The maximum Gasteiger partial charge on any atom is 0.254 e. The third kappa shape index (κ3) is 4.76. The SMILES string of the molecule is O=C(c1ccc(N2CCC(NCCc3cn4ccsc4n3)CC2)cc1)N1CCOCC1. The van der Waals surface area contributed by atoms with Gasteiger partial charge in [0.25, 0.3) is 5.91 Å². The van der Waals surface area contributed by atoms with Crippen molar-refractivity contribution in [2.24, 2.45) is 0 Å². The van der Waals surface area contributed by atoms with Crippen molar-refractivity contribution in [2.75, 3.05) is 50.8 Å². The number of piperidine rings is 1. The Labute approximate surface area is 186 Å². The van der Waals surface area contributed by atoms with E-state index in [1.165, 1.54) is 5.69 Å². The average Bonchev–Trinajstić information content (AvgIpc) is 3.42. The lowest BCUT2D eigenvalue weighted by Gasteiger charge is -2.34. The number of ether oxygens (including phenoxy) is 1. The molecule has 7 nitrogen and oxygen atoms in total. The number of nitrogens with zero attached hydrogens (tertiary/aromatic N) is 4. The van der Waals surface area contributed by atoms with Crippen molar-refractivity contribution >= 4 is 27.9 Å². The lowest BCUT2D eigenvalue weighted by atomic mass is 10.0. The molecule has 0 aliphatic carbocycles. The molecule has 2 fully saturated rings.